The van der Waals surface area contributed by atoms with Gasteiger partial charge in [-0.1, -0.05) is 25.2 Å². The van der Waals surface area contributed by atoms with Crippen LogP contribution in [0.4, 0.5) is 0 Å². The maximum atomic E-state index is 12.8. The van der Waals surface area contributed by atoms with E-state index in [1.807, 2.05) is 6.92 Å². The lowest BCUT2D eigenvalue weighted by Gasteiger charge is -2.32. The molecule has 2 N–H and O–H groups in total. The van der Waals surface area contributed by atoms with Crippen LogP contribution < -0.4 is 0 Å². The number of rotatable bonds is 5. The summed E-state index contributed by atoms with van der Waals surface area (Å²) in [5, 5.41) is 20.2. The number of ether oxygens (including phenoxy) is 2. The highest BCUT2D eigenvalue weighted by Crippen LogP contribution is 2.37. The van der Waals surface area contributed by atoms with E-state index in [0.29, 0.717) is 12.8 Å². The van der Waals surface area contributed by atoms with Gasteiger partial charge in [-0.15, -0.1) is 0 Å². The van der Waals surface area contributed by atoms with Gasteiger partial charge in [0.1, 0.15) is 18.0 Å². The molecule has 2 rings (SSSR count). The van der Waals surface area contributed by atoms with Gasteiger partial charge in [0.25, 0.3) is 0 Å². The molecule has 0 spiro atoms. The lowest BCUT2D eigenvalue weighted by Crippen LogP contribution is -2.48. The van der Waals surface area contributed by atoms with Gasteiger partial charge in [-0.3, -0.25) is 4.79 Å². The molecular formula is C22H28O8. The Bertz CT molecular complexity index is 832. The smallest absolute Gasteiger partial charge is 0.338 e. The number of Topliss-reactive ketones (excluding diaryl/α,β-unsaturated/α-hetero) is 1. The Morgan fingerprint density at radius 1 is 1.37 bits per heavy atom. The predicted molar refractivity (Wildman–Crippen MR) is 106 cm³/mol. The van der Waals surface area contributed by atoms with Crippen molar-refractivity contribution in [2.45, 2.75) is 64.8 Å². The standard InChI is InChI=1S/C22H28O8/c1-11-7-6-8-15(19(24)25)10-17(18-12(2)20(26)29-16(18)9-11)30-21(27)22(5,28)13(3)14(4)23/h8-9,13,16-18,28H,2,6-7,10H2,1,3-5H3,(H,24,25)/b11-9+,15-8-/t13-,16-,17-,18-,22+/m1/s1. The summed E-state index contributed by atoms with van der Waals surface area (Å²) in [7, 11) is 0. The summed E-state index contributed by atoms with van der Waals surface area (Å²) in [5.41, 5.74) is -1.16. The summed E-state index contributed by atoms with van der Waals surface area (Å²) in [6.07, 6.45) is 2.24. The van der Waals surface area contributed by atoms with Crippen LogP contribution in [0.15, 0.2) is 35.5 Å². The highest BCUT2D eigenvalue weighted by molar-refractivity contribution is 5.92. The number of hydrogen-bond acceptors (Lipinski definition) is 7. The van der Waals surface area contributed by atoms with E-state index in [4.69, 9.17) is 9.47 Å². The van der Waals surface area contributed by atoms with E-state index in [1.165, 1.54) is 20.8 Å². The maximum Gasteiger partial charge on any atom is 0.338 e. The molecule has 8 nitrogen and oxygen atoms in total. The zero-order valence-corrected chi connectivity index (χ0v) is 17.6. The number of allylic oxidation sites excluding steroid dienone is 2. The molecule has 2 aliphatic rings. The zero-order chi connectivity index (χ0) is 22.8. The van der Waals surface area contributed by atoms with Crippen molar-refractivity contribution in [2.24, 2.45) is 11.8 Å². The predicted octanol–water partition coefficient (Wildman–Crippen LogP) is 2.11. The first-order chi connectivity index (χ1) is 13.9. The van der Waals surface area contributed by atoms with E-state index >= 15 is 0 Å². The van der Waals surface area contributed by atoms with Gasteiger partial charge in [-0.05, 0) is 39.7 Å². The molecule has 1 saturated heterocycles. The summed E-state index contributed by atoms with van der Waals surface area (Å²) in [5.74, 6) is -5.17. The van der Waals surface area contributed by atoms with Crippen LogP contribution in [-0.4, -0.2) is 51.7 Å². The average Bonchev–Trinajstić information content (AvgIpc) is 2.92. The Morgan fingerprint density at radius 3 is 2.57 bits per heavy atom. The number of carboxylic acids is 1. The number of aliphatic carboxylic acids is 1. The molecule has 0 aromatic heterocycles. The molecule has 0 radical (unpaired) electrons. The summed E-state index contributed by atoms with van der Waals surface area (Å²) in [4.78, 5) is 48.4. The minimum Gasteiger partial charge on any atom is -0.478 e. The fourth-order valence-electron chi connectivity index (χ4n) is 3.56. The molecular weight excluding hydrogens is 392 g/mol. The van der Waals surface area contributed by atoms with Crippen molar-refractivity contribution >= 4 is 23.7 Å². The highest BCUT2D eigenvalue weighted by atomic mass is 16.6. The first-order valence-corrected chi connectivity index (χ1v) is 9.79. The van der Waals surface area contributed by atoms with Crippen LogP contribution in [0.2, 0.25) is 0 Å². The molecule has 0 saturated carbocycles. The SMILES string of the molecule is C=C1C(=O)O[C@@H]2/C=C(\C)CC/C=C(\C(=O)O)C[C@@H](OC(=O)[C@@](C)(O)[C@H](C)C(C)=O)[C@H]12. The molecule has 1 fully saturated rings. The quantitative estimate of drug-likeness (QED) is 0.393. The number of ketones is 1. The molecule has 5 atom stereocenters. The number of carbonyl (C=O) groups excluding carboxylic acids is 3. The topological polar surface area (TPSA) is 127 Å². The van der Waals surface area contributed by atoms with Crippen molar-refractivity contribution in [1.82, 2.24) is 0 Å². The first-order valence-electron chi connectivity index (χ1n) is 9.79. The molecule has 0 aromatic carbocycles. The van der Waals surface area contributed by atoms with E-state index in [1.54, 1.807) is 12.2 Å². The van der Waals surface area contributed by atoms with E-state index in [-0.39, 0.29) is 17.6 Å². The van der Waals surface area contributed by atoms with Crippen molar-refractivity contribution in [3.8, 4) is 0 Å². The number of carboxylic acid groups (broad SMARTS) is 1. The van der Waals surface area contributed by atoms with E-state index in [9.17, 15) is 29.4 Å². The van der Waals surface area contributed by atoms with Gasteiger partial charge in [0.05, 0.1) is 11.8 Å². The number of hydrogen-bond donors (Lipinski definition) is 2. The fraction of sp³-hybridized carbons (Fsp3) is 0.545. The van der Waals surface area contributed by atoms with Gasteiger partial charge < -0.3 is 19.7 Å². The maximum absolute atomic E-state index is 12.8. The number of carbonyl (C=O) groups is 4. The van der Waals surface area contributed by atoms with Crippen LogP contribution in [0, 0.1) is 11.8 Å². The zero-order valence-electron chi connectivity index (χ0n) is 17.6. The Labute approximate surface area is 175 Å². The van der Waals surface area contributed by atoms with Crippen LogP contribution in [0.1, 0.15) is 47.0 Å². The number of esters is 2. The van der Waals surface area contributed by atoms with Crippen molar-refractivity contribution in [2.75, 3.05) is 0 Å². The molecule has 1 aliphatic carbocycles. The van der Waals surface area contributed by atoms with Gasteiger partial charge in [0.15, 0.2) is 5.60 Å². The normalized spacial score (nSPS) is 31.0. The molecule has 1 aliphatic heterocycles. The van der Waals surface area contributed by atoms with Gasteiger partial charge >= 0.3 is 17.9 Å². The third kappa shape index (κ3) is 4.87. The summed E-state index contributed by atoms with van der Waals surface area (Å²) in [6.45, 7) is 9.39. The molecule has 164 valence electrons. The average molecular weight is 420 g/mol. The van der Waals surface area contributed by atoms with Gasteiger partial charge in [-0.25, -0.2) is 14.4 Å². The van der Waals surface area contributed by atoms with Crippen molar-refractivity contribution in [1.29, 1.82) is 0 Å². The van der Waals surface area contributed by atoms with Crippen molar-refractivity contribution < 1.29 is 38.9 Å². The lowest BCUT2D eigenvalue weighted by atomic mass is 9.84. The molecule has 0 amide bonds. The fourth-order valence-corrected chi connectivity index (χ4v) is 3.56. The Hall–Kier alpha value is -2.74. The van der Waals surface area contributed by atoms with Crippen molar-refractivity contribution in [3.63, 3.8) is 0 Å². The van der Waals surface area contributed by atoms with Crippen LogP contribution in [-0.2, 0) is 28.7 Å². The Balaban J connectivity index is 2.46. The minimum atomic E-state index is -2.12. The minimum absolute atomic E-state index is 0.0210. The highest BCUT2D eigenvalue weighted by Gasteiger charge is 2.48. The van der Waals surface area contributed by atoms with Crippen LogP contribution in [0.3, 0.4) is 0 Å². The second-order valence-electron chi connectivity index (χ2n) is 8.13. The molecule has 0 aromatic rings. The van der Waals surface area contributed by atoms with E-state index in [0.717, 1.165) is 5.57 Å². The molecule has 0 bridgehead atoms. The Kier molecular flexibility index (Phi) is 7.02. The largest absolute Gasteiger partial charge is 0.478 e. The van der Waals surface area contributed by atoms with Gasteiger partial charge in [0.2, 0.25) is 0 Å². The van der Waals surface area contributed by atoms with Crippen LogP contribution in [0.25, 0.3) is 0 Å². The third-order valence-electron chi connectivity index (χ3n) is 5.86. The number of fused-ring (bicyclic) bond motifs is 1. The van der Waals surface area contributed by atoms with Crippen LogP contribution in [0.5, 0.6) is 0 Å². The second-order valence-corrected chi connectivity index (χ2v) is 8.13. The summed E-state index contributed by atoms with van der Waals surface area (Å²) in [6, 6.07) is 0. The summed E-state index contributed by atoms with van der Waals surface area (Å²) >= 11 is 0. The molecule has 0 unspecified atom stereocenters. The molecule has 30 heavy (non-hydrogen) atoms. The third-order valence-corrected chi connectivity index (χ3v) is 5.86. The lowest BCUT2D eigenvalue weighted by molar-refractivity contribution is -0.178. The van der Waals surface area contributed by atoms with Crippen molar-refractivity contribution in [3.05, 3.63) is 35.5 Å². The van der Waals surface area contributed by atoms with Gasteiger partial charge in [-0.2, -0.15) is 0 Å². The van der Waals surface area contributed by atoms with E-state index < -0.39 is 53.3 Å². The van der Waals surface area contributed by atoms with Gasteiger partial charge in [0, 0.05) is 17.6 Å². The Morgan fingerprint density at radius 2 is 2.00 bits per heavy atom. The van der Waals surface area contributed by atoms with Crippen LogP contribution >= 0.6 is 0 Å². The summed E-state index contributed by atoms with van der Waals surface area (Å²) < 4.78 is 10.9. The second kappa shape index (κ2) is 8.95. The first kappa shape index (κ1) is 23.5. The number of aliphatic hydroxyl groups is 1. The molecule has 8 heteroatoms. The molecule has 1 heterocycles. The van der Waals surface area contributed by atoms with E-state index in [2.05, 4.69) is 6.58 Å². The monoisotopic (exact) mass is 420 g/mol.